The van der Waals surface area contributed by atoms with Gasteiger partial charge in [-0.15, -0.1) is 0 Å². The highest BCUT2D eigenvalue weighted by Gasteiger charge is 2.32. The molecule has 6 nitrogen and oxygen atoms in total. The molecule has 1 unspecified atom stereocenters. The van der Waals surface area contributed by atoms with Crippen LogP contribution in [-0.4, -0.2) is 76.4 Å². The fraction of sp³-hybridized carbons (Fsp3) is 1.00. The van der Waals surface area contributed by atoms with Crippen molar-refractivity contribution in [3.8, 4) is 0 Å². The molecule has 7 heteroatoms. The lowest BCUT2D eigenvalue weighted by Crippen LogP contribution is -2.57. The highest BCUT2D eigenvalue weighted by Crippen LogP contribution is 2.13. The summed E-state index contributed by atoms with van der Waals surface area (Å²) in [6, 6.07) is -0.111. The quantitative estimate of drug-likeness (QED) is 0.646. The smallest absolute Gasteiger partial charge is 0.216 e. The number of methoxy groups -OCH3 is 1. The molecule has 0 aromatic carbocycles. The molecule has 0 aromatic heterocycles. The van der Waals surface area contributed by atoms with E-state index in [1.807, 2.05) is 7.05 Å². The van der Waals surface area contributed by atoms with Gasteiger partial charge >= 0.3 is 0 Å². The first kappa shape index (κ1) is 13.9. The summed E-state index contributed by atoms with van der Waals surface area (Å²) >= 11 is 0. The van der Waals surface area contributed by atoms with E-state index in [1.165, 1.54) is 11.4 Å². The maximum Gasteiger partial charge on any atom is 0.216 e. The molecule has 1 saturated heterocycles. The number of likely N-dealkylation sites (N-methyl/N-ethyl adjacent to an activating group) is 1. The van der Waals surface area contributed by atoms with Gasteiger partial charge in [-0.3, -0.25) is 0 Å². The van der Waals surface area contributed by atoms with Crippen molar-refractivity contribution in [1.29, 1.82) is 0 Å². The molecule has 0 amide bonds. The Labute approximate surface area is 97.4 Å². The van der Waals surface area contributed by atoms with Gasteiger partial charge in [-0.25, -0.2) is 8.42 Å². The SMILES string of the molecule is COCCS(=O)(=O)N1CCN(C)CC1CN. The molecule has 1 fully saturated rings. The van der Waals surface area contributed by atoms with Gasteiger partial charge in [-0.1, -0.05) is 0 Å². The van der Waals surface area contributed by atoms with Crippen molar-refractivity contribution in [2.24, 2.45) is 5.73 Å². The number of piperazine rings is 1. The van der Waals surface area contributed by atoms with E-state index >= 15 is 0 Å². The van der Waals surface area contributed by atoms with Crippen molar-refractivity contribution in [2.45, 2.75) is 6.04 Å². The van der Waals surface area contributed by atoms with Crippen LogP contribution in [0.1, 0.15) is 0 Å². The first-order valence-corrected chi connectivity index (χ1v) is 6.99. The Hall–Kier alpha value is -0.210. The minimum absolute atomic E-state index is 0.0315. The number of nitrogens with zero attached hydrogens (tertiary/aromatic N) is 2. The second kappa shape index (κ2) is 5.92. The zero-order chi connectivity index (χ0) is 12.2. The lowest BCUT2D eigenvalue weighted by Gasteiger charge is -2.38. The highest BCUT2D eigenvalue weighted by molar-refractivity contribution is 7.89. The Balaban J connectivity index is 2.69. The largest absolute Gasteiger partial charge is 0.384 e. The van der Waals surface area contributed by atoms with Gasteiger partial charge in [0.25, 0.3) is 0 Å². The maximum absolute atomic E-state index is 12.0. The molecule has 0 saturated carbocycles. The molecule has 1 heterocycles. The molecule has 0 radical (unpaired) electrons. The number of hydrogen-bond donors (Lipinski definition) is 1. The number of nitrogens with two attached hydrogens (primary N) is 1. The van der Waals surface area contributed by atoms with Crippen LogP contribution in [-0.2, 0) is 14.8 Å². The predicted molar refractivity (Wildman–Crippen MR) is 62.7 cm³/mol. The Morgan fingerprint density at radius 1 is 1.44 bits per heavy atom. The van der Waals surface area contributed by atoms with Crippen LogP contribution in [0.15, 0.2) is 0 Å². The Kier molecular flexibility index (Phi) is 5.13. The molecular formula is C9H21N3O3S. The van der Waals surface area contributed by atoms with Crippen molar-refractivity contribution >= 4 is 10.0 Å². The van der Waals surface area contributed by atoms with Gasteiger partial charge in [0.2, 0.25) is 10.0 Å². The lowest BCUT2D eigenvalue weighted by atomic mass is 10.2. The molecule has 0 aromatic rings. The number of sulfonamides is 1. The van der Waals surface area contributed by atoms with E-state index in [9.17, 15) is 8.42 Å². The highest BCUT2D eigenvalue weighted by atomic mass is 32.2. The zero-order valence-corrected chi connectivity index (χ0v) is 10.7. The number of ether oxygens (including phenoxy) is 1. The van der Waals surface area contributed by atoms with E-state index in [0.717, 1.165) is 6.54 Å². The first-order valence-electron chi connectivity index (χ1n) is 5.38. The van der Waals surface area contributed by atoms with E-state index in [4.69, 9.17) is 10.5 Å². The summed E-state index contributed by atoms with van der Waals surface area (Å²) in [7, 11) is 0.245. The van der Waals surface area contributed by atoms with Crippen molar-refractivity contribution in [3.63, 3.8) is 0 Å². The van der Waals surface area contributed by atoms with Crippen molar-refractivity contribution < 1.29 is 13.2 Å². The van der Waals surface area contributed by atoms with Gasteiger partial charge in [0.1, 0.15) is 0 Å². The van der Waals surface area contributed by atoms with Crippen LogP contribution >= 0.6 is 0 Å². The summed E-state index contributed by atoms with van der Waals surface area (Å²) in [4.78, 5) is 2.10. The van der Waals surface area contributed by atoms with Gasteiger partial charge < -0.3 is 15.4 Å². The fourth-order valence-corrected chi connectivity index (χ4v) is 3.44. The topological polar surface area (TPSA) is 75.9 Å². The van der Waals surface area contributed by atoms with Crippen LogP contribution < -0.4 is 5.73 Å². The van der Waals surface area contributed by atoms with Crippen LogP contribution in [0.25, 0.3) is 0 Å². The monoisotopic (exact) mass is 251 g/mol. The molecule has 1 atom stereocenters. The summed E-state index contributed by atoms with van der Waals surface area (Å²) in [5.41, 5.74) is 5.62. The second-order valence-corrected chi connectivity index (χ2v) is 6.11. The Morgan fingerprint density at radius 2 is 2.12 bits per heavy atom. The molecule has 1 aliphatic heterocycles. The van der Waals surface area contributed by atoms with E-state index in [1.54, 1.807) is 0 Å². The van der Waals surface area contributed by atoms with Crippen LogP contribution in [0.2, 0.25) is 0 Å². The molecule has 2 N–H and O–H groups in total. The van der Waals surface area contributed by atoms with Gasteiger partial charge in [-0.2, -0.15) is 4.31 Å². The number of rotatable bonds is 5. The minimum atomic E-state index is -3.23. The molecule has 96 valence electrons. The normalized spacial score (nSPS) is 24.8. The van der Waals surface area contributed by atoms with Gasteiger partial charge in [0, 0.05) is 39.3 Å². The van der Waals surface area contributed by atoms with Gasteiger partial charge in [0.15, 0.2) is 0 Å². The second-order valence-electron chi connectivity index (χ2n) is 4.07. The third-order valence-corrected chi connectivity index (χ3v) is 4.68. The van der Waals surface area contributed by atoms with Crippen molar-refractivity contribution in [1.82, 2.24) is 9.21 Å². The average molecular weight is 251 g/mol. The lowest BCUT2D eigenvalue weighted by molar-refractivity contribution is 0.161. The minimum Gasteiger partial charge on any atom is -0.384 e. The van der Waals surface area contributed by atoms with E-state index in [0.29, 0.717) is 19.6 Å². The van der Waals surface area contributed by atoms with E-state index in [-0.39, 0.29) is 18.4 Å². The molecule has 0 bridgehead atoms. The molecule has 0 spiro atoms. The fourth-order valence-electron chi connectivity index (χ4n) is 1.86. The van der Waals surface area contributed by atoms with Crippen molar-refractivity contribution in [2.75, 3.05) is 52.7 Å². The molecule has 0 aliphatic carbocycles. The summed E-state index contributed by atoms with van der Waals surface area (Å²) in [5.74, 6) is 0.0315. The third-order valence-electron chi connectivity index (χ3n) is 2.81. The first-order chi connectivity index (χ1) is 7.51. The molecule has 1 rings (SSSR count). The summed E-state index contributed by atoms with van der Waals surface area (Å²) in [6.07, 6.45) is 0. The third kappa shape index (κ3) is 3.39. The molecule has 16 heavy (non-hydrogen) atoms. The summed E-state index contributed by atoms with van der Waals surface area (Å²) in [5, 5.41) is 0. The van der Waals surface area contributed by atoms with Crippen LogP contribution in [0.4, 0.5) is 0 Å². The van der Waals surface area contributed by atoms with Crippen molar-refractivity contribution in [3.05, 3.63) is 0 Å². The van der Waals surface area contributed by atoms with Gasteiger partial charge in [-0.05, 0) is 7.05 Å². The summed E-state index contributed by atoms with van der Waals surface area (Å²) < 4.78 is 30.3. The zero-order valence-electron chi connectivity index (χ0n) is 9.92. The predicted octanol–water partition coefficient (Wildman–Crippen LogP) is -1.46. The van der Waals surface area contributed by atoms with Crippen LogP contribution in [0.3, 0.4) is 0 Å². The summed E-state index contributed by atoms with van der Waals surface area (Å²) in [6.45, 7) is 2.55. The van der Waals surface area contributed by atoms with E-state index in [2.05, 4.69) is 4.90 Å². The van der Waals surface area contributed by atoms with E-state index < -0.39 is 10.0 Å². The van der Waals surface area contributed by atoms with Gasteiger partial charge in [0.05, 0.1) is 12.4 Å². The maximum atomic E-state index is 12.0. The standard InChI is InChI=1S/C9H21N3O3S/c1-11-3-4-12(9(7-10)8-11)16(13,14)6-5-15-2/h9H,3-8,10H2,1-2H3. The average Bonchev–Trinajstić information content (AvgIpc) is 2.26. The molecule has 1 aliphatic rings. The van der Waals surface area contributed by atoms with Crippen LogP contribution in [0.5, 0.6) is 0 Å². The Morgan fingerprint density at radius 3 is 2.69 bits per heavy atom. The molecular weight excluding hydrogens is 230 g/mol. The number of hydrogen-bond acceptors (Lipinski definition) is 5. The van der Waals surface area contributed by atoms with Crippen LogP contribution in [0, 0.1) is 0 Å². The Bertz CT molecular complexity index is 307.